The molecule has 1 aromatic heterocycles. The first-order chi connectivity index (χ1) is 10.3. The first kappa shape index (κ1) is 20.0. The zero-order valence-corrected chi connectivity index (χ0v) is 13.8. The van der Waals surface area contributed by atoms with Gasteiger partial charge in [0.2, 0.25) is 0 Å². The van der Waals surface area contributed by atoms with Gasteiger partial charge in [0.1, 0.15) is 5.82 Å². The van der Waals surface area contributed by atoms with E-state index in [1.807, 2.05) is 30.3 Å². The van der Waals surface area contributed by atoms with Gasteiger partial charge >= 0.3 is 23.5 Å². The van der Waals surface area contributed by atoms with Crippen molar-refractivity contribution in [1.82, 2.24) is 4.98 Å². The van der Waals surface area contributed by atoms with Gasteiger partial charge in [-0.2, -0.15) is 8.62 Å². The van der Waals surface area contributed by atoms with Gasteiger partial charge in [-0.05, 0) is 12.1 Å². The van der Waals surface area contributed by atoms with E-state index in [1.165, 1.54) is 5.39 Å². The Morgan fingerprint density at radius 1 is 0.913 bits per heavy atom. The van der Waals surface area contributed by atoms with Crippen LogP contribution >= 0.6 is 23.5 Å². The van der Waals surface area contributed by atoms with Crippen LogP contribution in [0.1, 0.15) is 0 Å². The number of H-pyrrole nitrogens is 1. The number of nitrogens with one attached hydrogen (secondary N) is 1. The number of para-hydroxylation sites is 1. The molecule has 1 heterocycles. The fraction of sp³-hybridized carbons (Fsp3) is 0. The Bertz CT molecular complexity index is 746. The average molecular weight is 390 g/mol. The van der Waals surface area contributed by atoms with Gasteiger partial charge in [-0.25, -0.2) is 13.7 Å². The molecule has 0 aliphatic rings. The van der Waals surface area contributed by atoms with Crippen molar-refractivity contribution in [1.29, 1.82) is 0 Å². The maximum Gasteiger partial charge on any atom is 0.490 e. The summed E-state index contributed by atoms with van der Waals surface area (Å²) in [4.78, 5) is 43.2. The smallest absolute Gasteiger partial charge is 0.385 e. The number of hydrogen-bond donors (Lipinski definition) is 7. The molecule has 2 rings (SSSR count). The second-order valence-electron chi connectivity index (χ2n) is 3.92. The predicted molar refractivity (Wildman–Crippen MR) is 78.8 cm³/mol. The molecule has 0 spiro atoms. The summed E-state index contributed by atoms with van der Waals surface area (Å²) in [7, 11) is -16.2. The number of aromatic nitrogens is 1. The van der Waals surface area contributed by atoms with E-state index in [0.29, 0.717) is 0 Å². The van der Waals surface area contributed by atoms with Crippen LogP contribution in [0.3, 0.4) is 0 Å². The summed E-state index contributed by atoms with van der Waals surface area (Å²) in [5, 5.41) is 1.17. The number of aromatic amines is 1. The molecule has 2 aromatic rings. The summed E-state index contributed by atoms with van der Waals surface area (Å²) >= 11 is 0. The predicted octanol–water partition coefficient (Wildman–Crippen LogP) is 1.06. The Morgan fingerprint density at radius 2 is 1.39 bits per heavy atom. The van der Waals surface area contributed by atoms with E-state index in [-0.39, 0.29) is 0 Å². The molecule has 0 amide bonds. The zero-order valence-electron chi connectivity index (χ0n) is 11.1. The SMILES string of the molecule is Nc1cc2ccccc2[nH]1.O=P(O)(O)OP(=O)(O)OP(=O)(O)O. The van der Waals surface area contributed by atoms with Gasteiger partial charge in [0.05, 0.1) is 0 Å². The molecule has 0 atom stereocenters. The Balaban J connectivity index is 0.000000235. The second-order valence-corrected chi connectivity index (χ2v) is 8.13. The third-order valence-electron chi connectivity index (χ3n) is 1.97. The Morgan fingerprint density at radius 3 is 1.83 bits per heavy atom. The maximum absolute atomic E-state index is 10.4. The van der Waals surface area contributed by atoms with Crippen LogP contribution in [0.15, 0.2) is 30.3 Å². The van der Waals surface area contributed by atoms with E-state index in [4.69, 9.17) is 30.2 Å². The second kappa shape index (κ2) is 7.25. The van der Waals surface area contributed by atoms with E-state index >= 15 is 0 Å². The lowest BCUT2D eigenvalue weighted by atomic mass is 10.3. The number of nitrogen functional groups attached to an aromatic ring is 1. The van der Waals surface area contributed by atoms with Gasteiger partial charge in [-0.15, -0.1) is 0 Å². The minimum atomic E-state index is -5.46. The number of anilines is 1. The lowest BCUT2D eigenvalue weighted by Crippen LogP contribution is -1.91. The molecule has 23 heavy (non-hydrogen) atoms. The van der Waals surface area contributed by atoms with Gasteiger partial charge in [0, 0.05) is 10.9 Å². The molecule has 0 saturated heterocycles. The molecule has 0 unspecified atom stereocenters. The van der Waals surface area contributed by atoms with Gasteiger partial charge in [0.15, 0.2) is 0 Å². The zero-order chi connectivity index (χ0) is 17.9. The minimum absolute atomic E-state index is 0.723. The van der Waals surface area contributed by atoms with Crippen LogP contribution < -0.4 is 5.73 Å². The van der Waals surface area contributed by atoms with Crippen molar-refractivity contribution in [3.05, 3.63) is 30.3 Å². The van der Waals surface area contributed by atoms with E-state index in [2.05, 4.69) is 13.6 Å². The molecule has 15 heteroatoms. The highest BCUT2D eigenvalue weighted by molar-refractivity contribution is 7.66. The topological polar surface area (TPSA) is 213 Å². The largest absolute Gasteiger partial charge is 0.490 e. The van der Waals surface area contributed by atoms with Crippen LogP contribution in [-0.2, 0) is 22.3 Å². The molecule has 0 saturated carbocycles. The number of benzene rings is 1. The number of hydrogen-bond acceptors (Lipinski definition) is 6. The van der Waals surface area contributed by atoms with Crippen LogP contribution in [0.5, 0.6) is 0 Å². The van der Waals surface area contributed by atoms with Crippen molar-refractivity contribution < 1.29 is 46.8 Å². The molecular weight excluding hydrogens is 377 g/mol. The van der Waals surface area contributed by atoms with Crippen LogP contribution in [0, 0.1) is 0 Å². The fourth-order valence-electron chi connectivity index (χ4n) is 1.38. The Labute approximate surface area is 129 Å². The fourth-order valence-corrected chi connectivity index (χ4v) is 3.92. The average Bonchev–Trinajstić information content (AvgIpc) is 2.62. The molecule has 0 radical (unpaired) electrons. The summed E-state index contributed by atoms with van der Waals surface area (Å²) in [6, 6.07) is 9.94. The number of phosphoric acid groups is 3. The van der Waals surface area contributed by atoms with Gasteiger partial charge < -0.3 is 35.2 Å². The van der Waals surface area contributed by atoms with E-state index in [1.54, 1.807) is 0 Å². The molecule has 8 N–H and O–H groups in total. The number of nitrogens with two attached hydrogens (primary N) is 1. The van der Waals surface area contributed by atoms with E-state index in [9.17, 15) is 13.7 Å². The normalized spacial score (nSPS) is 12.7. The van der Waals surface area contributed by atoms with Crippen LogP contribution in [0.25, 0.3) is 10.9 Å². The third-order valence-corrected chi connectivity index (χ3v) is 5.32. The highest BCUT2D eigenvalue weighted by atomic mass is 31.3. The van der Waals surface area contributed by atoms with Crippen molar-refractivity contribution in [3.8, 4) is 0 Å². The van der Waals surface area contributed by atoms with Gasteiger partial charge in [0.25, 0.3) is 0 Å². The highest BCUT2D eigenvalue weighted by Gasteiger charge is 2.38. The van der Waals surface area contributed by atoms with Crippen LogP contribution in [0.2, 0.25) is 0 Å². The lowest BCUT2D eigenvalue weighted by Gasteiger charge is -2.11. The quantitative estimate of drug-likeness (QED) is 0.366. The monoisotopic (exact) mass is 390 g/mol. The van der Waals surface area contributed by atoms with Crippen LogP contribution in [-0.4, -0.2) is 29.5 Å². The van der Waals surface area contributed by atoms with Crippen molar-refractivity contribution in [2.45, 2.75) is 0 Å². The third kappa shape index (κ3) is 8.40. The molecule has 130 valence electrons. The Kier molecular flexibility index (Phi) is 6.31. The molecule has 0 aliphatic heterocycles. The summed E-state index contributed by atoms with van der Waals surface area (Å²) in [5.41, 5.74) is 6.63. The number of fused-ring (bicyclic) bond motifs is 1. The molecular formula is C8H13N2O10P3. The van der Waals surface area contributed by atoms with Crippen molar-refractivity contribution in [3.63, 3.8) is 0 Å². The lowest BCUT2D eigenvalue weighted by molar-refractivity contribution is 0.204. The molecule has 0 aliphatic carbocycles. The molecule has 12 nitrogen and oxygen atoms in total. The standard InChI is InChI=1S/C8H8N2.H5O10P3/c9-8-5-6-3-1-2-4-7(6)10-8;1-11(2,3)9-13(7,8)10-12(4,5)6/h1-5,10H,9H2;(H,7,8)(H2,1,2,3)(H2,4,5,6). The van der Waals surface area contributed by atoms with E-state index < -0.39 is 23.5 Å². The van der Waals surface area contributed by atoms with Gasteiger partial charge in [-0.1, -0.05) is 18.2 Å². The molecule has 0 fully saturated rings. The van der Waals surface area contributed by atoms with Crippen LogP contribution in [0.4, 0.5) is 5.82 Å². The summed E-state index contributed by atoms with van der Waals surface area (Å²) in [5.74, 6) is 0.723. The van der Waals surface area contributed by atoms with Crippen molar-refractivity contribution in [2.24, 2.45) is 0 Å². The van der Waals surface area contributed by atoms with E-state index in [0.717, 1.165) is 11.3 Å². The Hall–Kier alpha value is -1.03. The van der Waals surface area contributed by atoms with Crippen molar-refractivity contribution >= 4 is 40.2 Å². The summed E-state index contributed by atoms with van der Waals surface area (Å²) in [6.07, 6.45) is 0. The minimum Gasteiger partial charge on any atom is -0.385 e. The molecule has 0 bridgehead atoms. The molecule has 1 aromatic carbocycles. The number of rotatable bonds is 4. The highest BCUT2D eigenvalue weighted by Crippen LogP contribution is 2.64. The maximum atomic E-state index is 10.4. The summed E-state index contributed by atoms with van der Waals surface area (Å²) < 4.78 is 36.4. The van der Waals surface area contributed by atoms with Gasteiger partial charge in [-0.3, -0.25) is 0 Å². The summed E-state index contributed by atoms with van der Waals surface area (Å²) in [6.45, 7) is 0. The first-order valence-corrected chi connectivity index (χ1v) is 10.0. The first-order valence-electron chi connectivity index (χ1n) is 5.47. The van der Waals surface area contributed by atoms with Crippen molar-refractivity contribution in [2.75, 3.05) is 5.73 Å².